The number of rotatable bonds is 13. The largest absolute Gasteiger partial charge is 3.00 e. The van der Waals surface area contributed by atoms with Crippen LogP contribution in [0, 0.1) is 0 Å². The fraction of sp³-hybridized carbons (Fsp3) is 0.812. The molecule has 0 radical (unpaired) electrons. The zero-order valence-corrected chi connectivity index (χ0v) is 13.7. The number of hydrogen-bond donors (Lipinski definition) is 0. The summed E-state index contributed by atoms with van der Waals surface area (Å²) in [6, 6.07) is 0. The molecule has 0 saturated heterocycles. The first kappa shape index (κ1) is 21.0. The zero-order chi connectivity index (χ0) is 13.5. The second kappa shape index (κ2) is 17.7. The Bertz CT molecular complexity index is 215. The molecule has 0 atom stereocenters. The van der Waals surface area contributed by atoms with E-state index in [4.69, 9.17) is 0 Å². The maximum absolute atomic E-state index is 10.2. The fourth-order valence-corrected chi connectivity index (χ4v) is 1.99. The molecule has 0 aliphatic rings. The third-order valence-corrected chi connectivity index (χ3v) is 3.14. The summed E-state index contributed by atoms with van der Waals surface area (Å²) in [5.74, 6) is -0.916. The Hall–Kier alpha value is -0.258. The normalized spacial score (nSPS) is 10.6. The van der Waals surface area contributed by atoms with Crippen LogP contribution in [0.5, 0.6) is 0 Å². The SMILES string of the molecule is CCCCCC/C=C/CCCCCCCC(=O)[O-].[Al+3]. The van der Waals surface area contributed by atoms with Crippen molar-refractivity contribution < 1.29 is 9.90 Å². The van der Waals surface area contributed by atoms with Crippen molar-refractivity contribution in [3.8, 4) is 0 Å². The minimum Gasteiger partial charge on any atom is -0.550 e. The van der Waals surface area contributed by atoms with Crippen molar-refractivity contribution in [2.75, 3.05) is 0 Å². The Morgan fingerprint density at radius 1 is 0.842 bits per heavy atom. The van der Waals surface area contributed by atoms with Gasteiger partial charge in [-0.25, -0.2) is 0 Å². The molecule has 0 rings (SSSR count). The van der Waals surface area contributed by atoms with Crippen LogP contribution in [0.1, 0.15) is 84.0 Å². The number of hydrogen-bond acceptors (Lipinski definition) is 2. The molecule has 0 heterocycles. The number of unbranched alkanes of at least 4 members (excludes halogenated alkanes) is 9. The number of carboxylic acids is 1. The van der Waals surface area contributed by atoms with Gasteiger partial charge in [0.05, 0.1) is 0 Å². The van der Waals surface area contributed by atoms with Crippen LogP contribution < -0.4 is 5.11 Å². The Morgan fingerprint density at radius 2 is 1.32 bits per heavy atom. The molecule has 19 heavy (non-hydrogen) atoms. The van der Waals surface area contributed by atoms with Crippen molar-refractivity contribution >= 4 is 23.3 Å². The fourth-order valence-electron chi connectivity index (χ4n) is 1.99. The quantitative estimate of drug-likeness (QED) is 0.294. The zero-order valence-electron chi connectivity index (χ0n) is 12.5. The molecule has 0 aliphatic carbocycles. The van der Waals surface area contributed by atoms with Gasteiger partial charge in [0.25, 0.3) is 0 Å². The predicted octanol–water partition coefficient (Wildman–Crippen LogP) is 3.61. The molecule has 106 valence electrons. The van der Waals surface area contributed by atoms with Crippen molar-refractivity contribution in [3.63, 3.8) is 0 Å². The van der Waals surface area contributed by atoms with E-state index < -0.39 is 5.97 Å². The maximum atomic E-state index is 10.2. The van der Waals surface area contributed by atoms with Gasteiger partial charge in [-0.2, -0.15) is 0 Å². The first-order valence-electron chi connectivity index (χ1n) is 7.62. The van der Waals surface area contributed by atoms with Crippen LogP contribution in [-0.2, 0) is 4.79 Å². The third kappa shape index (κ3) is 20.2. The van der Waals surface area contributed by atoms with E-state index in [1.165, 1.54) is 51.4 Å². The summed E-state index contributed by atoms with van der Waals surface area (Å²) in [4.78, 5) is 10.2. The summed E-state index contributed by atoms with van der Waals surface area (Å²) in [6.45, 7) is 2.24. The van der Waals surface area contributed by atoms with E-state index in [9.17, 15) is 9.90 Å². The minimum atomic E-state index is -0.916. The van der Waals surface area contributed by atoms with Crippen LogP contribution in [0.3, 0.4) is 0 Å². The van der Waals surface area contributed by atoms with Crippen LogP contribution >= 0.6 is 0 Å². The van der Waals surface area contributed by atoms with Crippen molar-refractivity contribution in [1.82, 2.24) is 0 Å². The van der Waals surface area contributed by atoms with Crippen molar-refractivity contribution in [2.45, 2.75) is 84.0 Å². The molecule has 0 unspecified atom stereocenters. The smallest absolute Gasteiger partial charge is 0.550 e. The van der Waals surface area contributed by atoms with Gasteiger partial charge in [-0.3, -0.25) is 0 Å². The van der Waals surface area contributed by atoms with Gasteiger partial charge >= 0.3 is 17.4 Å². The van der Waals surface area contributed by atoms with Gasteiger partial charge in [-0.15, -0.1) is 0 Å². The van der Waals surface area contributed by atoms with Crippen molar-refractivity contribution in [1.29, 1.82) is 0 Å². The van der Waals surface area contributed by atoms with Crippen LogP contribution in [0.25, 0.3) is 0 Å². The average Bonchev–Trinajstić information content (AvgIpc) is 2.34. The van der Waals surface area contributed by atoms with Gasteiger partial charge in [0, 0.05) is 5.97 Å². The molecule has 0 aromatic rings. The molecule has 2 nitrogen and oxygen atoms in total. The van der Waals surface area contributed by atoms with Gasteiger partial charge in [0.2, 0.25) is 0 Å². The summed E-state index contributed by atoms with van der Waals surface area (Å²) in [7, 11) is 0. The molecular formula is C16H29AlO2+2. The van der Waals surface area contributed by atoms with Gasteiger partial charge in [0.1, 0.15) is 0 Å². The molecule has 0 aliphatic heterocycles. The summed E-state index contributed by atoms with van der Waals surface area (Å²) >= 11 is 0. The van der Waals surface area contributed by atoms with E-state index in [2.05, 4.69) is 19.1 Å². The molecule has 0 saturated carbocycles. The number of carbonyl (C=O) groups excluding carboxylic acids is 1. The number of aliphatic carboxylic acids is 1. The first-order valence-corrected chi connectivity index (χ1v) is 7.62. The van der Waals surface area contributed by atoms with E-state index in [1.54, 1.807) is 0 Å². The van der Waals surface area contributed by atoms with Crippen LogP contribution in [0.4, 0.5) is 0 Å². The summed E-state index contributed by atoms with van der Waals surface area (Å²) in [6.07, 6.45) is 18.0. The van der Waals surface area contributed by atoms with Gasteiger partial charge in [-0.05, 0) is 38.5 Å². The van der Waals surface area contributed by atoms with Gasteiger partial charge < -0.3 is 9.90 Å². The van der Waals surface area contributed by atoms with E-state index in [0.717, 1.165) is 19.3 Å². The van der Waals surface area contributed by atoms with Crippen LogP contribution in [0.2, 0.25) is 0 Å². The molecule has 0 fully saturated rings. The third-order valence-electron chi connectivity index (χ3n) is 3.14. The van der Waals surface area contributed by atoms with E-state index in [1.807, 2.05) is 0 Å². The molecular weight excluding hydrogens is 251 g/mol. The summed E-state index contributed by atoms with van der Waals surface area (Å²) < 4.78 is 0. The van der Waals surface area contributed by atoms with Crippen LogP contribution in [-0.4, -0.2) is 23.3 Å². The number of carboxylic acid groups (broad SMARTS) is 1. The summed E-state index contributed by atoms with van der Waals surface area (Å²) in [5, 5.41) is 10.2. The molecule has 0 aromatic carbocycles. The van der Waals surface area contributed by atoms with Gasteiger partial charge in [-0.1, -0.05) is 57.6 Å². The topological polar surface area (TPSA) is 40.1 Å². The number of carbonyl (C=O) groups is 1. The van der Waals surface area contributed by atoms with E-state index in [-0.39, 0.29) is 23.8 Å². The van der Waals surface area contributed by atoms with Crippen molar-refractivity contribution in [2.24, 2.45) is 0 Å². The molecule has 0 aromatic heterocycles. The second-order valence-corrected chi connectivity index (χ2v) is 5.00. The maximum Gasteiger partial charge on any atom is 3.00 e. The molecule has 3 heteroatoms. The second-order valence-electron chi connectivity index (χ2n) is 5.00. The molecule has 0 amide bonds. The predicted molar refractivity (Wildman–Crippen MR) is 81.0 cm³/mol. The monoisotopic (exact) mass is 280 g/mol. The van der Waals surface area contributed by atoms with Gasteiger partial charge in [0.15, 0.2) is 0 Å². The Balaban J connectivity index is 0. The molecule has 0 spiro atoms. The van der Waals surface area contributed by atoms with E-state index >= 15 is 0 Å². The number of allylic oxidation sites excluding steroid dienone is 2. The molecule has 0 bridgehead atoms. The van der Waals surface area contributed by atoms with Crippen molar-refractivity contribution in [3.05, 3.63) is 12.2 Å². The van der Waals surface area contributed by atoms with E-state index in [0.29, 0.717) is 0 Å². The van der Waals surface area contributed by atoms with Crippen LogP contribution in [0.15, 0.2) is 12.2 Å². The average molecular weight is 280 g/mol. The summed E-state index contributed by atoms with van der Waals surface area (Å²) in [5.41, 5.74) is 0. The Kier molecular flexibility index (Phi) is 19.7. The minimum absolute atomic E-state index is 0. The standard InChI is InChI=1S/C16H30O2.Al/c1-2-3-4-5-6-7-8-9-10-11-12-13-14-15-16(17)18;/h7-8H,2-6,9-15H2,1H3,(H,17,18);/q;+3/p-1/b8-7+;. The Morgan fingerprint density at radius 3 is 1.84 bits per heavy atom. The Labute approximate surface area is 129 Å². The first-order chi connectivity index (χ1) is 8.77. The molecule has 0 N–H and O–H groups in total.